The minimum Gasteiger partial charge on any atom is -0.309 e. The molecule has 0 amide bonds. The number of nitriles is 1. The summed E-state index contributed by atoms with van der Waals surface area (Å²) in [5.74, 6) is 0. The Morgan fingerprint density at radius 1 is 0.305 bits per heavy atom. The zero-order valence-corrected chi connectivity index (χ0v) is 31.9. The monoisotopic (exact) mass is 750 g/mol. The van der Waals surface area contributed by atoms with E-state index in [0.717, 1.165) is 61.2 Å². The van der Waals surface area contributed by atoms with E-state index < -0.39 is 0 Å². The molecule has 0 saturated carbocycles. The number of rotatable bonds is 5. The fourth-order valence-electron chi connectivity index (χ4n) is 9.53. The lowest BCUT2D eigenvalue weighted by molar-refractivity contribution is 1.18. The Balaban J connectivity index is 1.06. The zero-order valence-electron chi connectivity index (χ0n) is 31.9. The Morgan fingerprint density at radius 3 is 1.51 bits per heavy atom. The van der Waals surface area contributed by atoms with Crippen LogP contribution in [0.5, 0.6) is 0 Å². The van der Waals surface area contributed by atoms with Crippen LogP contribution in [0.15, 0.2) is 206 Å². The fraction of sp³-hybridized carbons (Fsp3) is 0. The lowest BCUT2D eigenvalue weighted by Gasteiger charge is -2.13. The Kier molecular flexibility index (Phi) is 7.26. The molecule has 59 heavy (non-hydrogen) atoms. The molecule has 12 rings (SSSR count). The van der Waals surface area contributed by atoms with Gasteiger partial charge in [-0.15, -0.1) is 0 Å². The van der Waals surface area contributed by atoms with Crippen LogP contribution in [0.3, 0.4) is 0 Å². The summed E-state index contributed by atoms with van der Waals surface area (Å²) in [4.78, 5) is 0. The first-order valence-electron chi connectivity index (χ1n) is 20.0. The van der Waals surface area contributed by atoms with E-state index >= 15 is 0 Å². The number of hydrogen-bond acceptors (Lipinski definition) is 1. The maximum atomic E-state index is 10.5. The van der Waals surface area contributed by atoms with Crippen LogP contribution < -0.4 is 0 Å². The predicted octanol–water partition coefficient (Wildman–Crippen LogP) is 14.2. The molecule has 0 aliphatic rings. The molecule has 0 bridgehead atoms. The van der Waals surface area contributed by atoms with Crippen molar-refractivity contribution in [1.82, 2.24) is 13.7 Å². The third kappa shape index (κ3) is 4.95. The van der Waals surface area contributed by atoms with Gasteiger partial charge in [0.15, 0.2) is 0 Å². The van der Waals surface area contributed by atoms with Crippen LogP contribution in [0.4, 0.5) is 0 Å². The molecule has 3 aromatic heterocycles. The summed E-state index contributed by atoms with van der Waals surface area (Å²) >= 11 is 0. The van der Waals surface area contributed by atoms with Gasteiger partial charge in [-0.3, -0.25) is 0 Å². The highest BCUT2D eigenvalue weighted by molar-refractivity contribution is 6.17. The van der Waals surface area contributed by atoms with Gasteiger partial charge in [0, 0.05) is 54.9 Å². The number of benzene rings is 9. The molecule has 0 radical (unpaired) electrons. The average molecular weight is 751 g/mol. The Bertz CT molecular complexity index is 3670. The quantitative estimate of drug-likeness (QED) is 0.173. The minimum atomic E-state index is 0.642. The minimum absolute atomic E-state index is 0.642. The van der Waals surface area contributed by atoms with Crippen molar-refractivity contribution in [3.05, 3.63) is 212 Å². The van der Waals surface area contributed by atoms with Gasteiger partial charge in [-0.1, -0.05) is 121 Å². The van der Waals surface area contributed by atoms with Crippen LogP contribution in [0.25, 0.3) is 105 Å². The molecule has 12 aromatic rings. The van der Waals surface area contributed by atoms with Crippen molar-refractivity contribution >= 4 is 65.4 Å². The molecule has 0 saturated heterocycles. The Labute approximate surface area is 340 Å². The maximum Gasteiger partial charge on any atom is 0.0998 e. The molecule has 274 valence electrons. The molecule has 0 spiro atoms. The second-order valence-corrected chi connectivity index (χ2v) is 15.2. The molecular weight excluding hydrogens is 717 g/mol. The van der Waals surface area contributed by atoms with Gasteiger partial charge in [-0.25, -0.2) is 0 Å². The number of hydrogen-bond donors (Lipinski definition) is 0. The van der Waals surface area contributed by atoms with Crippen molar-refractivity contribution < 1.29 is 0 Å². The van der Waals surface area contributed by atoms with Crippen molar-refractivity contribution in [2.24, 2.45) is 0 Å². The van der Waals surface area contributed by atoms with E-state index in [4.69, 9.17) is 0 Å². The average Bonchev–Trinajstić information content (AvgIpc) is 3.94. The highest BCUT2D eigenvalue weighted by Crippen LogP contribution is 2.42. The van der Waals surface area contributed by atoms with Gasteiger partial charge >= 0.3 is 0 Å². The summed E-state index contributed by atoms with van der Waals surface area (Å²) < 4.78 is 7.06. The third-order valence-electron chi connectivity index (χ3n) is 12.1. The normalized spacial score (nSPS) is 11.7. The number of aromatic nitrogens is 3. The second-order valence-electron chi connectivity index (χ2n) is 15.2. The summed E-state index contributed by atoms with van der Waals surface area (Å²) in [7, 11) is 0. The summed E-state index contributed by atoms with van der Waals surface area (Å²) in [5, 5.41) is 17.7. The third-order valence-corrected chi connectivity index (χ3v) is 12.1. The van der Waals surface area contributed by atoms with E-state index in [1.807, 2.05) is 6.07 Å². The molecule has 0 atom stereocenters. The lowest BCUT2D eigenvalue weighted by atomic mass is 9.97. The van der Waals surface area contributed by atoms with Crippen LogP contribution in [0.1, 0.15) is 5.56 Å². The van der Waals surface area contributed by atoms with Crippen molar-refractivity contribution in [2.45, 2.75) is 0 Å². The van der Waals surface area contributed by atoms with Gasteiger partial charge in [0.05, 0.1) is 44.7 Å². The van der Waals surface area contributed by atoms with Gasteiger partial charge < -0.3 is 13.7 Å². The van der Waals surface area contributed by atoms with Gasteiger partial charge in [0.1, 0.15) is 0 Å². The number of nitrogens with zero attached hydrogens (tertiary/aromatic N) is 4. The second kappa shape index (κ2) is 13.0. The predicted molar refractivity (Wildman–Crippen MR) is 245 cm³/mol. The van der Waals surface area contributed by atoms with Gasteiger partial charge in [0.2, 0.25) is 0 Å². The van der Waals surface area contributed by atoms with E-state index in [2.05, 4.69) is 220 Å². The summed E-state index contributed by atoms with van der Waals surface area (Å²) in [6.45, 7) is 0. The molecule has 0 N–H and O–H groups in total. The largest absolute Gasteiger partial charge is 0.309 e. The van der Waals surface area contributed by atoms with Gasteiger partial charge in [-0.2, -0.15) is 5.26 Å². The topological polar surface area (TPSA) is 38.6 Å². The summed E-state index contributed by atoms with van der Waals surface area (Å²) in [6.07, 6.45) is 0. The molecule has 4 nitrogen and oxygen atoms in total. The van der Waals surface area contributed by atoms with E-state index in [1.165, 1.54) is 43.5 Å². The van der Waals surface area contributed by atoms with E-state index in [0.29, 0.717) is 5.56 Å². The molecule has 4 heteroatoms. The SMILES string of the molecule is N#Cc1ccc(-n2c3ccccc3c3c(-c4ccc5c6ccccc6n(-c6ccccc6)c5c4)cccc32)cc1-c1ccc2c(c1)c1ccccc1n2-c1ccccc1. The van der Waals surface area contributed by atoms with Gasteiger partial charge in [-0.05, 0) is 102 Å². The van der Waals surface area contributed by atoms with Crippen molar-refractivity contribution in [1.29, 1.82) is 5.26 Å². The van der Waals surface area contributed by atoms with Crippen LogP contribution in [0, 0.1) is 11.3 Å². The maximum absolute atomic E-state index is 10.5. The van der Waals surface area contributed by atoms with Crippen LogP contribution in [0.2, 0.25) is 0 Å². The Morgan fingerprint density at radius 2 is 0.814 bits per heavy atom. The highest BCUT2D eigenvalue weighted by Gasteiger charge is 2.20. The van der Waals surface area contributed by atoms with Crippen molar-refractivity contribution in [3.8, 4) is 45.4 Å². The highest BCUT2D eigenvalue weighted by atomic mass is 15.0. The molecule has 0 fully saturated rings. The first-order valence-corrected chi connectivity index (χ1v) is 20.0. The van der Waals surface area contributed by atoms with E-state index in [-0.39, 0.29) is 0 Å². The first kappa shape index (κ1) is 33.1. The van der Waals surface area contributed by atoms with E-state index in [1.54, 1.807) is 0 Å². The van der Waals surface area contributed by atoms with Crippen LogP contribution in [-0.2, 0) is 0 Å². The van der Waals surface area contributed by atoms with Crippen molar-refractivity contribution in [3.63, 3.8) is 0 Å². The van der Waals surface area contributed by atoms with Crippen LogP contribution >= 0.6 is 0 Å². The van der Waals surface area contributed by atoms with Crippen LogP contribution in [-0.4, -0.2) is 13.7 Å². The molecule has 3 heterocycles. The van der Waals surface area contributed by atoms with Gasteiger partial charge in [0.25, 0.3) is 0 Å². The summed E-state index contributed by atoms with van der Waals surface area (Å²) in [5.41, 5.74) is 15.1. The molecular formula is C55H34N4. The zero-order chi connectivity index (χ0) is 39.0. The molecule has 0 aliphatic carbocycles. The molecule has 0 aliphatic heterocycles. The number of para-hydroxylation sites is 5. The summed E-state index contributed by atoms with van der Waals surface area (Å²) in [6, 6.07) is 76.0. The fourth-order valence-corrected chi connectivity index (χ4v) is 9.53. The molecule has 9 aromatic carbocycles. The standard InChI is InChI=1S/C55H34N4/c56-35-38-26-29-41(34-47(38)36-28-31-52-48(32-36)44-19-8-11-23-50(44)57(52)39-14-3-1-4-15-39)59-51-24-12-9-20-46(51)55-42(21-13-25-53(55)59)37-27-30-45-43-18-7-10-22-49(43)58(54(45)33-37)40-16-5-2-6-17-40/h1-34H. The first-order chi connectivity index (χ1) is 29.2. The van der Waals surface area contributed by atoms with Crippen molar-refractivity contribution in [2.75, 3.05) is 0 Å². The lowest BCUT2D eigenvalue weighted by Crippen LogP contribution is -1.96. The smallest absolute Gasteiger partial charge is 0.0998 e. The number of fused-ring (bicyclic) bond motifs is 9. The molecule has 0 unspecified atom stereocenters. The van der Waals surface area contributed by atoms with E-state index in [9.17, 15) is 5.26 Å². The Hall–Kier alpha value is -8.13.